The Balaban J connectivity index is 2.62. The molecule has 2 atom stereocenters. The van der Waals surface area contributed by atoms with Gasteiger partial charge in [0, 0.05) is 23.1 Å². The summed E-state index contributed by atoms with van der Waals surface area (Å²) < 4.78 is 25.9. The van der Waals surface area contributed by atoms with E-state index in [1.54, 1.807) is 11.8 Å². The molecule has 0 spiro atoms. The van der Waals surface area contributed by atoms with E-state index in [1.807, 2.05) is 0 Å². The Morgan fingerprint density at radius 3 is 2.31 bits per heavy atom. The molecule has 90 valence electrons. The van der Waals surface area contributed by atoms with Crippen LogP contribution in [0.4, 0.5) is 8.78 Å². The topological polar surface area (TPSA) is 26.0 Å². The third kappa shape index (κ3) is 4.10. The Labute approximate surface area is 99.4 Å². The average molecular weight is 245 g/mol. The molecule has 1 rings (SSSR count). The fraction of sp³-hybridized carbons (Fsp3) is 0.500. The summed E-state index contributed by atoms with van der Waals surface area (Å²) in [5, 5.41) is 0.518. The molecule has 2 N–H and O–H groups in total. The van der Waals surface area contributed by atoms with Gasteiger partial charge in [-0.2, -0.15) is 11.8 Å². The molecule has 1 nitrogen and oxygen atoms in total. The molecule has 0 fully saturated rings. The SMILES string of the molecule is CCC(C)SCC(N)c1cc(F)cc(F)c1. The van der Waals surface area contributed by atoms with E-state index in [9.17, 15) is 8.78 Å². The monoisotopic (exact) mass is 245 g/mol. The van der Waals surface area contributed by atoms with Crippen molar-refractivity contribution in [1.29, 1.82) is 0 Å². The van der Waals surface area contributed by atoms with Crippen molar-refractivity contribution in [1.82, 2.24) is 0 Å². The smallest absolute Gasteiger partial charge is 0.126 e. The van der Waals surface area contributed by atoms with Gasteiger partial charge in [-0.05, 0) is 24.1 Å². The van der Waals surface area contributed by atoms with Crippen LogP contribution in [0.25, 0.3) is 0 Å². The second kappa shape index (κ2) is 6.21. The van der Waals surface area contributed by atoms with E-state index in [0.29, 0.717) is 16.6 Å². The molecule has 2 unspecified atom stereocenters. The van der Waals surface area contributed by atoms with Gasteiger partial charge >= 0.3 is 0 Å². The minimum absolute atomic E-state index is 0.316. The van der Waals surface area contributed by atoms with Gasteiger partial charge in [0.25, 0.3) is 0 Å². The summed E-state index contributed by atoms with van der Waals surface area (Å²) in [6.45, 7) is 4.22. The van der Waals surface area contributed by atoms with Crippen molar-refractivity contribution in [2.24, 2.45) is 5.73 Å². The van der Waals surface area contributed by atoms with Gasteiger partial charge in [-0.3, -0.25) is 0 Å². The van der Waals surface area contributed by atoms with Crippen molar-refractivity contribution >= 4 is 11.8 Å². The quantitative estimate of drug-likeness (QED) is 0.859. The Kier molecular flexibility index (Phi) is 5.22. The van der Waals surface area contributed by atoms with E-state index in [4.69, 9.17) is 5.73 Å². The summed E-state index contributed by atoms with van der Waals surface area (Å²) in [6.07, 6.45) is 1.06. The number of nitrogens with two attached hydrogens (primary N) is 1. The second-order valence-electron chi connectivity index (χ2n) is 3.86. The van der Waals surface area contributed by atoms with Crippen LogP contribution in [-0.4, -0.2) is 11.0 Å². The molecule has 0 radical (unpaired) electrons. The Morgan fingerprint density at radius 2 is 1.81 bits per heavy atom. The van der Waals surface area contributed by atoms with Crippen LogP contribution in [0.1, 0.15) is 31.9 Å². The molecule has 0 saturated heterocycles. The van der Waals surface area contributed by atoms with E-state index in [1.165, 1.54) is 12.1 Å². The average Bonchev–Trinajstić information content (AvgIpc) is 2.23. The van der Waals surface area contributed by atoms with Gasteiger partial charge in [0.05, 0.1) is 0 Å². The highest BCUT2D eigenvalue weighted by Gasteiger charge is 2.10. The lowest BCUT2D eigenvalue weighted by molar-refractivity contribution is 0.576. The number of rotatable bonds is 5. The standard InChI is InChI=1S/C12H17F2NS/c1-3-8(2)16-7-12(15)9-4-10(13)6-11(14)5-9/h4-6,8,12H,3,7,15H2,1-2H3. The molecule has 16 heavy (non-hydrogen) atoms. The normalized spacial score (nSPS) is 14.8. The van der Waals surface area contributed by atoms with Gasteiger partial charge in [0.15, 0.2) is 0 Å². The van der Waals surface area contributed by atoms with Gasteiger partial charge < -0.3 is 5.73 Å². The van der Waals surface area contributed by atoms with Crippen molar-refractivity contribution < 1.29 is 8.78 Å². The summed E-state index contributed by atoms with van der Waals surface area (Å²) in [6, 6.07) is 3.14. The molecule has 4 heteroatoms. The minimum Gasteiger partial charge on any atom is -0.323 e. The van der Waals surface area contributed by atoms with Crippen LogP contribution in [0.5, 0.6) is 0 Å². The molecule has 1 aromatic rings. The molecule has 0 aromatic heterocycles. The number of benzene rings is 1. The largest absolute Gasteiger partial charge is 0.323 e. The van der Waals surface area contributed by atoms with Crippen LogP contribution in [0.15, 0.2) is 18.2 Å². The zero-order valence-electron chi connectivity index (χ0n) is 9.54. The van der Waals surface area contributed by atoms with Crippen LogP contribution in [0.3, 0.4) is 0 Å². The predicted molar refractivity (Wildman–Crippen MR) is 65.5 cm³/mol. The summed E-state index contributed by atoms with van der Waals surface area (Å²) in [5.41, 5.74) is 6.40. The summed E-state index contributed by atoms with van der Waals surface area (Å²) >= 11 is 1.72. The van der Waals surface area contributed by atoms with E-state index in [2.05, 4.69) is 13.8 Å². The fourth-order valence-electron chi connectivity index (χ4n) is 1.27. The Hall–Kier alpha value is -0.610. The van der Waals surface area contributed by atoms with Crippen molar-refractivity contribution in [2.45, 2.75) is 31.6 Å². The zero-order chi connectivity index (χ0) is 12.1. The molecular formula is C12H17F2NS. The maximum atomic E-state index is 13.0. The number of hydrogen-bond acceptors (Lipinski definition) is 2. The highest BCUT2D eigenvalue weighted by atomic mass is 32.2. The third-order valence-corrected chi connectivity index (χ3v) is 3.90. The summed E-state index contributed by atoms with van der Waals surface area (Å²) in [4.78, 5) is 0. The maximum Gasteiger partial charge on any atom is 0.126 e. The molecule has 0 aliphatic carbocycles. The first-order valence-corrected chi connectivity index (χ1v) is 6.41. The second-order valence-corrected chi connectivity index (χ2v) is 5.33. The first kappa shape index (κ1) is 13.5. The summed E-state index contributed by atoms with van der Waals surface area (Å²) in [7, 11) is 0. The molecule has 1 aromatic carbocycles. The highest BCUT2D eigenvalue weighted by Crippen LogP contribution is 2.22. The van der Waals surface area contributed by atoms with Crippen molar-refractivity contribution in [3.8, 4) is 0 Å². The van der Waals surface area contributed by atoms with Gasteiger partial charge in [-0.25, -0.2) is 8.78 Å². The van der Waals surface area contributed by atoms with Gasteiger partial charge in [-0.15, -0.1) is 0 Å². The maximum absolute atomic E-state index is 13.0. The molecule has 0 bridgehead atoms. The van der Waals surface area contributed by atoms with Crippen LogP contribution >= 0.6 is 11.8 Å². The van der Waals surface area contributed by atoms with E-state index >= 15 is 0 Å². The lowest BCUT2D eigenvalue weighted by atomic mass is 10.1. The lowest BCUT2D eigenvalue weighted by Gasteiger charge is -2.14. The van der Waals surface area contributed by atoms with Crippen LogP contribution in [0, 0.1) is 11.6 Å². The first-order valence-electron chi connectivity index (χ1n) is 5.36. The van der Waals surface area contributed by atoms with Gasteiger partial charge in [0.2, 0.25) is 0 Å². The summed E-state index contributed by atoms with van der Waals surface area (Å²) in [5.74, 6) is -0.462. The van der Waals surface area contributed by atoms with E-state index in [-0.39, 0.29) is 6.04 Å². The molecular weight excluding hydrogens is 228 g/mol. The van der Waals surface area contributed by atoms with Crippen molar-refractivity contribution in [3.05, 3.63) is 35.4 Å². The van der Waals surface area contributed by atoms with E-state index < -0.39 is 11.6 Å². The minimum atomic E-state index is -0.570. The molecule has 0 amide bonds. The first-order chi connectivity index (χ1) is 7.52. The zero-order valence-corrected chi connectivity index (χ0v) is 10.4. The van der Waals surface area contributed by atoms with Crippen molar-refractivity contribution in [3.63, 3.8) is 0 Å². The van der Waals surface area contributed by atoms with Crippen LogP contribution in [-0.2, 0) is 0 Å². The molecule has 0 saturated carbocycles. The fourth-order valence-corrected chi connectivity index (χ4v) is 2.24. The Morgan fingerprint density at radius 1 is 1.25 bits per heavy atom. The number of hydrogen-bond donors (Lipinski definition) is 1. The number of halogens is 2. The molecule has 0 aliphatic heterocycles. The van der Waals surface area contributed by atoms with Gasteiger partial charge in [-0.1, -0.05) is 13.8 Å². The van der Waals surface area contributed by atoms with Gasteiger partial charge in [0.1, 0.15) is 11.6 Å². The van der Waals surface area contributed by atoms with E-state index in [0.717, 1.165) is 12.5 Å². The molecule has 0 aliphatic rings. The Bertz CT molecular complexity index is 324. The number of thioether (sulfide) groups is 1. The lowest BCUT2D eigenvalue weighted by Crippen LogP contribution is -2.15. The van der Waals surface area contributed by atoms with Crippen molar-refractivity contribution in [2.75, 3.05) is 5.75 Å². The third-order valence-electron chi connectivity index (χ3n) is 2.45. The highest BCUT2D eigenvalue weighted by molar-refractivity contribution is 7.99. The van der Waals surface area contributed by atoms with Crippen LogP contribution < -0.4 is 5.73 Å². The molecule has 0 heterocycles. The van der Waals surface area contributed by atoms with Crippen LogP contribution in [0.2, 0.25) is 0 Å². The predicted octanol–water partition coefficient (Wildman–Crippen LogP) is 3.50.